The molecule has 4 rings (SSSR count). The lowest BCUT2D eigenvalue weighted by molar-refractivity contribution is -0.122. The van der Waals surface area contributed by atoms with Crippen LogP contribution in [0.3, 0.4) is 0 Å². The minimum atomic E-state index is -1.02. The summed E-state index contributed by atoms with van der Waals surface area (Å²) in [5.41, 5.74) is 0.613. The van der Waals surface area contributed by atoms with Crippen molar-refractivity contribution in [1.29, 1.82) is 0 Å². The second kappa shape index (κ2) is 9.35. The zero-order chi connectivity index (χ0) is 23.6. The van der Waals surface area contributed by atoms with E-state index in [1.807, 2.05) is 42.5 Å². The van der Waals surface area contributed by atoms with Crippen LogP contribution in [-0.4, -0.2) is 66.8 Å². The Morgan fingerprint density at radius 3 is 2.67 bits per heavy atom. The second-order valence-electron chi connectivity index (χ2n) is 8.46. The monoisotopic (exact) mass is 468 g/mol. The summed E-state index contributed by atoms with van der Waals surface area (Å²) in [6, 6.07) is 14.8. The Labute approximate surface area is 197 Å². The Kier molecular flexibility index (Phi) is 6.51. The van der Waals surface area contributed by atoms with Crippen LogP contribution in [0, 0.1) is 0 Å². The number of carbonyl (C=O) groups excluding carboxylic acids is 3. The van der Waals surface area contributed by atoms with Crippen LogP contribution in [0.4, 0.5) is 10.5 Å². The largest absolute Gasteiger partial charge is 0.485 e. The third kappa shape index (κ3) is 4.78. The summed E-state index contributed by atoms with van der Waals surface area (Å²) in [5, 5.41) is 4.92. The third-order valence-electron chi connectivity index (χ3n) is 5.88. The van der Waals surface area contributed by atoms with Crippen LogP contribution in [0.25, 0.3) is 0 Å². The summed E-state index contributed by atoms with van der Waals surface area (Å²) >= 11 is 1.37. The molecule has 1 fully saturated rings. The summed E-state index contributed by atoms with van der Waals surface area (Å²) in [6.07, 6.45) is -0.148. The summed E-state index contributed by atoms with van der Waals surface area (Å²) in [4.78, 5) is 41.7. The van der Waals surface area contributed by atoms with E-state index in [9.17, 15) is 14.4 Å². The standard InChI is InChI=1S/C24H28N4O4S/c1-4-28-14-16(32-19-11-7-6-10-18(19)28)13-27(3)21(29)17-9-5-8-12-20(17)33-15-24(2)22(30)25-23(31)26-24/h5-12,16H,4,13-15H2,1-3H3,(H2,25,26,30,31)/t16-,24+/m1/s1. The molecule has 2 aromatic rings. The van der Waals surface area contributed by atoms with Gasteiger partial charge in [-0.3, -0.25) is 14.9 Å². The maximum Gasteiger partial charge on any atom is 0.322 e. The van der Waals surface area contributed by atoms with Gasteiger partial charge >= 0.3 is 6.03 Å². The van der Waals surface area contributed by atoms with Crippen LogP contribution in [0.2, 0.25) is 0 Å². The lowest BCUT2D eigenvalue weighted by atomic mass is 10.1. The van der Waals surface area contributed by atoms with Crippen LogP contribution in [-0.2, 0) is 4.79 Å². The maximum atomic E-state index is 13.3. The number of hydrogen-bond donors (Lipinski definition) is 2. The van der Waals surface area contributed by atoms with Crippen LogP contribution >= 0.6 is 11.8 Å². The van der Waals surface area contributed by atoms with Gasteiger partial charge in [-0.25, -0.2) is 4.79 Å². The fraction of sp³-hybridized carbons (Fsp3) is 0.375. The number of amides is 4. The van der Waals surface area contributed by atoms with E-state index in [0.717, 1.165) is 22.9 Å². The minimum Gasteiger partial charge on any atom is -0.485 e. The summed E-state index contributed by atoms with van der Waals surface area (Å²) in [5.74, 6) is 0.661. The van der Waals surface area contributed by atoms with E-state index in [1.165, 1.54) is 11.8 Å². The topological polar surface area (TPSA) is 91.0 Å². The lowest BCUT2D eigenvalue weighted by Gasteiger charge is -2.37. The van der Waals surface area contributed by atoms with Gasteiger partial charge in [-0.15, -0.1) is 11.8 Å². The van der Waals surface area contributed by atoms with Crippen molar-refractivity contribution in [3.8, 4) is 5.75 Å². The molecule has 2 N–H and O–H groups in total. The van der Waals surface area contributed by atoms with Crippen molar-refractivity contribution in [3.63, 3.8) is 0 Å². The Morgan fingerprint density at radius 1 is 1.21 bits per heavy atom. The molecule has 2 atom stereocenters. The third-order valence-corrected chi connectivity index (χ3v) is 7.27. The number of carbonyl (C=O) groups is 3. The highest BCUT2D eigenvalue weighted by molar-refractivity contribution is 7.99. The fourth-order valence-electron chi connectivity index (χ4n) is 4.04. The highest BCUT2D eigenvalue weighted by atomic mass is 32.2. The SMILES string of the molecule is CCN1C[C@@H](CN(C)C(=O)c2ccccc2SC[C@]2(C)NC(=O)NC2=O)Oc2ccccc21. The molecule has 174 valence electrons. The van der Waals surface area contributed by atoms with Gasteiger partial charge in [0.2, 0.25) is 0 Å². The van der Waals surface area contributed by atoms with E-state index in [4.69, 9.17) is 4.74 Å². The predicted molar refractivity (Wildman–Crippen MR) is 128 cm³/mol. The molecular formula is C24H28N4O4S. The van der Waals surface area contributed by atoms with Crippen molar-refractivity contribution in [2.24, 2.45) is 0 Å². The highest BCUT2D eigenvalue weighted by Gasteiger charge is 2.42. The molecular weight excluding hydrogens is 440 g/mol. The number of ether oxygens (including phenoxy) is 1. The van der Waals surface area contributed by atoms with Crippen LogP contribution in [0.5, 0.6) is 5.75 Å². The van der Waals surface area contributed by atoms with Crippen molar-refractivity contribution in [2.75, 3.05) is 37.3 Å². The Balaban J connectivity index is 1.44. The Morgan fingerprint density at radius 2 is 1.94 bits per heavy atom. The summed E-state index contributed by atoms with van der Waals surface area (Å²) in [6.45, 7) is 5.79. The second-order valence-corrected chi connectivity index (χ2v) is 9.47. The molecule has 2 heterocycles. The van der Waals surface area contributed by atoms with Gasteiger partial charge in [-0.1, -0.05) is 24.3 Å². The smallest absolute Gasteiger partial charge is 0.322 e. The van der Waals surface area contributed by atoms with Crippen LogP contribution in [0.15, 0.2) is 53.4 Å². The Bertz CT molecular complexity index is 1080. The van der Waals surface area contributed by atoms with E-state index in [-0.39, 0.29) is 17.9 Å². The number of para-hydroxylation sites is 2. The maximum absolute atomic E-state index is 13.3. The number of likely N-dealkylation sites (N-methyl/N-ethyl adjacent to an activating group) is 2. The van der Waals surface area contributed by atoms with Gasteiger partial charge in [0.25, 0.3) is 11.8 Å². The van der Waals surface area contributed by atoms with Gasteiger partial charge < -0.3 is 19.9 Å². The first-order valence-electron chi connectivity index (χ1n) is 10.9. The number of thioether (sulfide) groups is 1. The molecule has 4 amide bonds. The fourth-order valence-corrected chi connectivity index (χ4v) is 5.17. The van der Waals surface area contributed by atoms with E-state index < -0.39 is 11.6 Å². The van der Waals surface area contributed by atoms with Crippen molar-refractivity contribution in [1.82, 2.24) is 15.5 Å². The first-order chi connectivity index (χ1) is 15.8. The first-order valence-corrected chi connectivity index (χ1v) is 11.9. The molecule has 0 spiro atoms. The molecule has 0 aromatic heterocycles. The quantitative estimate of drug-likeness (QED) is 0.480. The van der Waals surface area contributed by atoms with Crippen molar-refractivity contribution >= 4 is 35.3 Å². The van der Waals surface area contributed by atoms with Gasteiger partial charge in [0.15, 0.2) is 0 Å². The normalized spacial score (nSPS) is 21.7. The number of nitrogens with zero attached hydrogens (tertiary/aromatic N) is 2. The lowest BCUT2D eigenvalue weighted by Crippen LogP contribution is -2.47. The number of fused-ring (bicyclic) bond motifs is 1. The minimum absolute atomic E-state index is 0.117. The Hall–Kier alpha value is -3.20. The molecule has 0 radical (unpaired) electrons. The van der Waals surface area contributed by atoms with E-state index >= 15 is 0 Å². The number of rotatable bonds is 7. The summed E-state index contributed by atoms with van der Waals surface area (Å²) < 4.78 is 6.18. The molecule has 9 heteroatoms. The number of anilines is 1. The number of nitrogens with one attached hydrogen (secondary N) is 2. The molecule has 0 unspecified atom stereocenters. The van der Waals surface area contributed by atoms with Gasteiger partial charge in [0.05, 0.1) is 24.3 Å². The van der Waals surface area contributed by atoms with Crippen LogP contribution in [0.1, 0.15) is 24.2 Å². The number of hydrogen-bond acceptors (Lipinski definition) is 6. The molecule has 2 aliphatic heterocycles. The zero-order valence-electron chi connectivity index (χ0n) is 19.0. The van der Waals surface area contributed by atoms with Crippen molar-refractivity contribution in [2.45, 2.75) is 30.4 Å². The van der Waals surface area contributed by atoms with E-state index in [0.29, 0.717) is 24.4 Å². The predicted octanol–water partition coefficient (Wildman–Crippen LogP) is 2.74. The molecule has 1 saturated heterocycles. The average Bonchev–Trinajstić information content (AvgIpc) is 3.07. The zero-order valence-corrected chi connectivity index (χ0v) is 19.8. The molecule has 0 bridgehead atoms. The van der Waals surface area contributed by atoms with Gasteiger partial charge in [0, 0.05) is 24.2 Å². The van der Waals surface area contributed by atoms with Gasteiger partial charge in [-0.05, 0) is 38.1 Å². The molecule has 33 heavy (non-hydrogen) atoms. The average molecular weight is 469 g/mol. The number of urea groups is 1. The van der Waals surface area contributed by atoms with E-state index in [1.54, 1.807) is 24.9 Å². The number of benzene rings is 2. The number of imide groups is 1. The molecule has 8 nitrogen and oxygen atoms in total. The van der Waals surface area contributed by atoms with Crippen molar-refractivity contribution in [3.05, 3.63) is 54.1 Å². The highest BCUT2D eigenvalue weighted by Crippen LogP contribution is 2.33. The molecule has 2 aliphatic rings. The summed E-state index contributed by atoms with van der Waals surface area (Å²) in [7, 11) is 1.77. The first kappa shape index (κ1) is 23.0. The molecule has 2 aromatic carbocycles. The molecule has 0 aliphatic carbocycles. The van der Waals surface area contributed by atoms with Crippen LogP contribution < -0.4 is 20.3 Å². The van der Waals surface area contributed by atoms with E-state index in [2.05, 4.69) is 22.5 Å². The van der Waals surface area contributed by atoms with Gasteiger partial charge in [-0.2, -0.15) is 0 Å². The van der Waals surface area contributed by atoms with Gasteiger partial charge in [0.1, 0.15) is 17.4 Å². The van der Waals surface area contributed by atoms with Crippen molar-refractivity contribution < 1.29 is 19.1 Å². The molecule has 0 saturated carbocycles.